The van der Waals surface area contributed by atoms with E-state index >= 15 is 0 Å². The predicted molar refractivity (Wildman–Crippen MR) is 46.4 cm³/mol. The monoisotopic (exact) mass is 154 g/mol. The molecule has 0 radical (unpaired) electrons. The molecular weight excluding hydrogens is 136 g/mol. The van der Waals surface area contributed by atoms with E-state index < -0.39 is 0 Å². The summed E-state index contributed by atoms with van der Waals surface area (Å²) in [7, 11) is 0. The Bertz CT molecular complexity index is 162. The van der Waals surface area contributed by atoms with E-state index in [-0.39, 0.29) is 5.41 Å². The zero-order chi connectivity index (χ0) is 8.48. The summed E-state index contributed by atoms with van der Waals surface area (Å²) < 4.78 is 0. The van der Waals surface area contributed by atoms with Crippen molar-refractivity contribution in [3.8, 4) is 0 Å². The molecule has 0 spiro atoms. The summed E-state index contributed by atoms with van der Waals surface area (Å²) in [6.45, 7) is 6.30. The zero-order valence-corrected chi connectivity index (χ0v) is 7.81. The molecule has 1 nitrogen and oxygen atoms in total. The lowest BCUT2D eigenvalue weighted by Crippen LogP contribution is -2.35. The van der Waals surface area contributed by atoms with Crippen molar-refractivity contribution in [3.63, 3.8) is 0 Å². The highest BCUT2D eigenvalue weighted by molar-refractivity contribution is 5.86. The molecule has 2 atom stereocenters. The summed E-state index contributed by atoms with van der Waals surface area (Å²) in [5.41, 5.74) is 0.0116. The molecule has 0 heterocycles. The van der Waals surface area contributed by atoms with Crippen molar-refractivity contribution >= 4 is 5.78 Å². The lowest BCUT2D eigenvalue weighted by molar-refractivity contribution is -0.134. The van der Waals surface area contributed by atoms with Crippen LogP contribution in [0.4, 0.5) is 0 Å². The molecule has 0 aromatic rings. The van der Waals surface area contributed by atoms with Gasteiger partial charge in [0.2, 0.25) is 0 Å². The molecule has 0 aliphatic heterocycles. The third-order valence-corrected chi connectivity index (χ3v) is 3.19. The normalized spacial score (nSPS) is 39.2. The largest absolute Gasteiger partial charge is 0.299 e. The third-order valence-electron chi connectivity index (χ3n) is 3.19. The number of ketones is 1. The summed E-state index contributed by atoms with van der Waals surface area (Å²) in [5.74, 6) is 0.806. The van der Waals surface area contributed by atoms with Crippen LogP contribution in [0, 0.1) is 11.3 Å². The summed E-state index contributed by atoms with van der Waals surface area (Å²) in [6.07, 6.45) is 4.45. The molecule has 1 rings (SSSR count). The van der Waals surface area contributed by atoms with Crippen LogP contribution >= 0.6 is 0 Å². The molecule has 1 unspecified atom stereocenters. The number of hydrogen-bond acceptors (Lipinski definition) is 1. The molecule has 0 aromatic heterocycles. The zero-order valence-electron chi connectivity index (χ0n) is 7.81. The van der Waals surface area contributed by atoms with Gasteiger partial charge in [0.1, 0.15) is 5.78 Å². The van der Waals surface area contributed by atoms with Gasteiger partial charge in [0.15, 0.2) is 0 Å². The minimum absolute atomic E-state index is 0.0116. The van der Waals surface area contributed by atoms with Gasteiger partial charge in [-0.3, -0.25) is 4.79 Å². The van der Waals surface area contributed by atoms with E-state index in [1.807, 2.05) is 0 Å². The second-order valence-corrected chi connectivity index (χ2v) is 4.07. The molecule has 1 fully saturated rings. The van der Waals surface area contributed by atoms with Crippen molar-refractivity contribution in [1.29, 1.82) is 0 Å². The van der Waals surface area contributed by atoms with Crippen molar-refractivity contribution in [2.75, 3.05) is 0 Å². The summed E-state index contributed by atoms with van der Waals surface area (Å²) in [5, 5.41) is 0. The van der Waals surface area contributed by atoms with E-state index in [1.165, 1.54) is 6.42 Å². The minimum Gasteiger partial charge on any atom is -0.299 e. The summed E-state index contributed by atoms with van der Waals surface area (Å²) in [6, 6.07) is 0. The van der Waals surface area contributed by atoms with Gasteiger partial charge in [0, 0.05) is 11.3 Å². The summed E-state index contributed by atoms with van der Waals surface area (Å²) in [4.78, 5) is 11.7. The first-order valence-electron chi connectivity index (χ1n) is 4.64. The van der Waals surface area contributed by atoms with Crippen LogP contribution in [-0.4, -0.2) is 5.78 Å². The van der Waals surface area contributed by atoms with Gasteiger partial charge in [0.05, 0.1) is 0 Å². The molecule has 11 heavy (non-hydrogen) atoms. The van der Waals surface area contributed by atoms with E-state index in [0.29, 0.717) is 11.7 Å². The Morgan fingerprint density at radius 3 is 2.73 bits per heavy atom. The first-order chi connectivity index (χ1) is 5.10. The number of carbonyl (C=O) groups is 1. The smallest absolute Gasteiger partial charge is 0.141 e. The van der Waals surface area contributed by atoms with E-state index in [4.69, 9.17) is 0 Å². The van der Waals surface area contributed by atoms with Crippen LogP contribution < -0.4 is 0 Å². The molecule has 0 N–H and O–H groups in total. The lowest BCUT2D eigenvalue weighted by Gasteiger charge is -2.34. The lowest BCUT2D eigenvalue weighted by atomic mass is 9.69. The number of Topliss-reactive ketones (excluding diaryl/α,β-unsaturated/α-hetero) is 1. The average molecular weight is 154 g/mol. The van der Waals surface area contributed by atoms with Gasteiger partial charge in [-0.15, -0.1) is 0 Å². The van der Waals surface area contributed by atoms with Crippen LogP contribution in [0.5, 0.6) is 0 Å². The fourth-order valence-electron chi connectivity index (χ4n) is 2.00. The second kappa shape index (κ2) is 2.96. The minimum atomic E-state index is 0.0116. The van der Waals surface area contributed by atoms with E-state index in [2.05, 4.69) is 20.8 Å². The average Bonchev–Trinajstić information content (AvgIpc) is 2.00. The maximum absolute atomic E-state index is 11.7. The van der Waals surface area contributed by atoms with Crippen LogP contribution in [0.15, 0.2) is 0 Å². The SMILES string of the molecule is CC[C@]1(C)CCCC(C)C1=O. The van der Waals surface area contributed by atoms with E-state index in [9.17, 15) is 4.79 Å². The van der Waals surface area contributed by atoms with Gasteiger partial charge in [0.25, 0.3) is 0 Å². The fourth-order valence-corrected chi connectivity index (χ4v) is 2.00. The number of carbonyl (C=O) groups excluding carboxylic acids is 1. The van der Waals surface area contributed by atoms with Crippen LogP contribution in [-0.2, 0) is 4.79 Å². The van der Waals surface area contributed by atoms with Crippen molar-refractivity contribution in [1.82, 2.24) is 0 Å². The van der Waals surface area contributed by atoms with E-state index in [1.54, 1.807) is 0 Å². The number of rotatable bonds is 1. The molecule has 1 aliphatic carbocycles. The van der Waals surface area contributed by atoms with Crippen molar-refractivity contribution < 1.29 is 4.79 Å². The van der Waals surface area contributed by atoms with Gasteiger partial charge in [-0.2, -0.15) is 0 Å². The Morgan fingerprint density at radius 2 is 2.27 bits per heavy atom. The first kappa shape index (κ1) is 8.76. The molecule has 1 saturated carbocycles. The highest BCUT2D eigenvalue weighted by atomic mass is 16.1. The Kier molecular flexibility index (Phi) is 2.36. The van der Waals surface area contributed by atoms with Gasteiger partial charge < -0.3 is 0 Å². The second-order valence-electron chi connectivity index (χ2n) is 4.07. The molecule has 0 amide bonds. The first-order valence-corrected chi connectivity index (χ1v) is 4.64. The van der Waals surface area contributed by atoms with E-state index in [0.717, 1.165) is 19.3 Å². The molecule has 64 valence electrons. The fraction of sp³-hybridized carbons (Fsp3) is 0.900. The van der Waals surface area contributed by atoms with Crippen LogP contribution in [0.2, 0.25) is 0 Å². The van der Waals surface area contributed by atoms with Crippen LogP contribution in [0.1, 0.15) is 46.5 Å². The highest BCUT2D eigenvalue weighted by Gasteiger charge is 2.37. The Hall–Kier alpha value is -0.330. The molecule has 0 bridgehead atoms. The Morgan fingerprint density at radius 1 is 1.64 bits per heavy atom. The maximum atomic E-state index is 11.7. The van der Waals surface area contributed by atoms with Gasteiger partial charge in [-0.1, -0.05) is 27.2 Å². The van der Waals surface area contributed by atoms with Gasteiger partial charge >= 0.3 is 0 Å². The molecule has 1 aliphatic rings. The van der Waals surface area contributed by atoms with Crippen LogP contribution in [0.3, 0.4) is 0 Å². The quantitative estimate of drug-likeness (QED) is 0.567. The molecule has 0 aromatic carbocycles. The Labute approximate surface area is 69.2 Å². The third kappa shape index (κ3) is 1.47. The topological polar surface area (TPSA) is 17.1 Å². The standard InChI is InChI=1S/C10H18O/c1-4-10(3)7-5-6-8(2)9(10)11/h8H,4-7H2,1-3H3/t8?,10-/m1/s1. The summed E-state index contributed by atoms with van der Waals surface area (Å²) >= 11 is 0. The molecule has 0 saturated heterocycles. The maximum Gasteiger partial charge on any atom is 0.141 e. The predicted octanol–water partition coefficient (Wildman–Crippen LogP) is 2.79. The van der Waals surface area contributed by atoms with Crippen LogP contribution in [0.25, 0.3) is 0 Å². The van der Waals surface area contributed by atoms with Gasteiger partial charge in [-0.25, -0.2) is 0 Å². The Balaban J connectivity index is 2.72. The molecule has 1 heteroatoms. The highest BCUT2D eigenvalue weighted by Crippen LogP contribution is 2.37. The van der Waals surface area contributed by atoms with Crippen molar-refractivity contribution in [2.45, 2.75) is 46.5 Å². The molecular formula is C10H18O. The van der Waals surface area contributed by atoms with Crippen molar-refractivity contribution in [2.24, 2.45) is 11.3 Å². The van der Waals surface area contributed by atoms with Gasteiger partial charge in [-0.05, 0) is 19.3 Å². The number of hydrogen-bond donors (Lipinski definition) is 0. The van der Waals surface area contributed by atoms with Crippen molar-refractivity contribution in [3.05, 3.63) is 0 Å².